The van der Waals surface area contributed by atoms with Crippen LogP contribution in [0.2, 0.25) is 0 Å². The van der Waals surface area contributed by atoms with Gasteiger partial charge in [0.2, 0.25) is 11.8 Å². The minimum Gasteiger partial charge on any atom is -0.324 e. The van der Waals surface area contributed by atoms with Gasteiger partial charge in [0.1, 0.15) is 0 Å². The van der Waals surface area contributed by atoms with Crippen molar-refractivity contribution in [1.29, 1.82) is 0 Å². The predicted molar refractivity (Wildman–Crippen MR) is 58.4 cm³/mol. The van der Waals surface area contributed by atoms with Crippen LogP contribution in [0.25, 0.3) is 0 Å². The molecule has 86 valence electrons. The van der Waals surface area contributed by atoms with Crippen LogP contribution in [0.15, 0.2) is 36.7 Å². The topological polar surface area (TPSA) is 81.0 Å². The molecule has 0 bridgehead atoms. The van der Waals surface area contributed by atoms with Crippen LogP contribution in [0.3, 0.4) is 0 Å². The first-order chi connectivity index (χ1) is 8.16. The smallest absolute Gasteiger partial charge is 0.304 e. The molecule has 7 heteroatoms. The van der Waals surface area contributed by atoms with Gasteiger partial charge in [0, 0.05) is 30.2 Å². The molecule has 1 aromatic carbocycles. The van der Waals surface area contributed by atoms with Crippen LogP contribution in [0.1, 0.15) is 0 Å². The third-order valence-electron chi connectivity index (χ3n) is 1.97. The molecule has 2 rings (SSSR count). The molecule has 1 heterocycles. The monoisotopic (exact) mass is 234 g/mol. The van der Waals surface area contributed by atoms with Gasteiger partial charge in [0.15, 0.2) is 0 Å². The average Bonchev–Trinajstić information content (AvgIpc) is 2.30. The lowest BCUT2D eigenvalue weighted by molar-refractivity contribution is -0.387. The zero-order valence-corrected chi connectivity index (χ0v) is 8.50. The van der Waals surface area contributed by atoms with Gasteiger partial charge in [-0.1, -0.05) is 0 Å². The average molecular weight is 234 g/mol. The second-order valence-corrected chi connectivity index (χ2v) is 3.12. The summed E-state index contributed by atoms with van der Waals surface area (Å²) in [6.45, 7) is 0. The summed E-state index contributed by atoms with van der Waals surface area (Å²) in [5.41, 5.74) is -0.219. The molecule has 0 fully saturated rings. The van der Waals surface area contributed by atoms with Gasteiger partial charge in [0.25, 0.3) is 0 Å². The normalized spacial score (nSPS) is 9.94. The predicted octanol–water partition coefficient (Wildman–Crippen LogP) is 2.27. The van der Waals surface area contributed by atoms with E-state index in [0.717, 1.165) is 12.1 Å². The molecule has 0 spiro atoms. The van der Waals surface area contributed by atoms with Crippen molar-refractivity contribution in [1.82, 2.24) is 9.97 Å². The number of halogens is 1. The van der Waals surface area contributed by atoms with Crippen molar-refractivity contribution in [2.75, 3.05) is 5.32 Å². The number of hydrogen-bond donors (Lipinski definition) is 1. The quantitative estimate of drug-likeness (QED) is 0.650. The second-order valence-electron chi connectivity index (χ2n) is 3.12. The van der Waals surface area contributed by atoms with Crippen LogP contribution in [0.4, 0.5) is 21.7 Å². The zero-order chi connectivity index (χ0) is 12.3. The van der Waals surface area contributed by atoms with Crippen LogP contribution in [-0.2, 0) is 0 Å². The van der Waals surface area contributed by atoms with Crippen LogP contribution >= 0.6 is 0 Å². The highest BCUT2D eigenvalue weighted by molar-refractivity contribution is 5.55. The minimum absolute atomic E-state index is 0.292. The van der Waals surface area contributed by atoms with E-state index in [2.05, 4.69) is 15.3 Å². The van der Waals surface area contributed by atoms with E-state index < -0.39 is 16.4 Å². The van der Waals surface area contributed by atoms with E-state index in [1.807, 2.05) is 0 Å². The SMILES string of the molecule is O=[N+]([O-])c1ccc(Nc2ncccn2)cc1F. The van der Waals surface area contributed by atoms with Crippen molar-refractivity contribution in [3.8, 4) is 0 Å². The number of anilines is 2. The Bertz CT molecular complexity index is 547. The van der Waals surface area contributed by atoms with Crippen molar-refractivity contribution >= 4 is 17.3 Å². The number of nitrogens with one attached hydrogen (secondary N) is 1. The highest BCUT2D eigenvalue weighted by Gasteiger charge is 2.13. The van der Waals surface area contributed by atoms with Crippen LogP contribution in [-0.4, -0.2) is 14.9 Å². The standard InChI is InChI=1S/C10H7FN4O2/c11-8-6-7(2-3-9(8)15(16)17)14-10-12-4-1-5-13-10/h1-6H,(H,12,13,14). The molecule has 6 nitrogen and oxygen atoms in total. The highest BCUT2D eigenvalue weighted by Crippen LogP contribution is 2.22. The molecule has 0 atom stereocenters. The van der Waals surface area contributed by atoms with Crippen LogP contribution < -0.4 is 5.32 Å². The molecule has 0 saturated carbocycles. The highest BCUT2D eigenvalue weighted by atomic mass is 19.1. The summed E-state index contributed by atoms with van der Waals surface area (Å²) in [6.07, 6.45) is 3.05. The largest absolute Gasteiger partial charge is 0.324 e. The minimum atomic E-state index is -0.907. The molecule has 0 radical (unpaired) electrons. The number of nitro benzene ring substituents is 1. The van der Waals surface area contributed by atoms with Gasteiger partial charge in [-0.3, -0.25) is 10.1 Å². The Morgan fingerprint density at radius 2 is 2.00 bits per heavy atom. The lowest BCUT2D eigenvalue weighted by Gasteiger charge is -2.03. The lowest BCUT2D eigenvalue weighted by atomic mass is 10.2. The van der Waals surface area contributed by atoms with Crippen molar-refractivity contribution in [3.63, 3.8) is 0 Å². The van der Waals surface area contributed by atoms with Crippen molar-refractivity contribution in [2.45, 2.75) is 0 Å². The number of rotatable bonds is 3. The number of benzene rings is 1. The van der Waals surface area contributed by atoms with E-state index >= 15 is 0 Å². The van der Waals surface area contributed by atoms with E-state index in [-0.39, 0.29) is 0 Å². The summed E-state index contributed by atoms with van der Waals surface area (Å²) in [6, 6.07) is 5.13. The molecule has 0 saturated heterocycles. The number of nitrogens with zero attached hydrogens (tertiary/aromatic N) is 3. The van der Waals surface area contributed by atoms with Crippen LogP contribution in [0, 0.1) is 15.9 Å². The fourth-order valence-corrected chi connectivity index (χ4v) is 1.23. The molecule has 1 aromatic heterocycles. The van der Waals surface area contributed by atoms with Gasteiger partial charge in [-0.2, -0.15) is 4.39 Å². The Balaban J connectivity index is 2.24. The fourth-order valence-electron chi connectivity index (χ4n) is 1.23. The molecule has 0 unspecified atom stereocenters. The van der Waals surface area contributed by atoms with Crippen molar-refractivity contribution in [3.05, 3.63) is 52.6 Å². The fraction of sp³-hybridized carbons (Fsp3) is 0. The molecule has 0 aliphatic carbocycles. The Hall–Kier alpha value is -2.57. The van der Waals surface area contributed by atoms with E-state index in [4.69, 9.17) is 0 Å². The first-order valence-electron chi connectivity index (χ1n) is 4.65. The number of hydrogen-bond acceptors (Lipinski definition) is 5. The summed E-state index contributed by atoms with van der Waals surface area (Å²) in [5.74, 6) is -0.614. The van der Waals surface area contributed by atoms with Gasteiger partial charge >= 0.3 is 5.69 Å². The number of nitro groups is 1. The molecule has 2 aromatic rings. The molecule has 0 aliphatic rings. The van der Waals surface area contributed by atoms with E-state index in [0.29, 0.717) is 11.6 Å². The molecular weight excluding hydrogens is 227 g/mol. The first kappa shape index (κ1) is 10.9. The van der Waals surface area contributed by atoms with E-state index in [9.17, 15) is 14.5 Å². The summed E-state index contributed by atoms with van der Waals surface area (Å²) in [4.78, 5) is 17.4. The van der Waals surface area contributed by atoms with Gasteiger partial charge in [-0.25, -0.2) is 9.97 Å². The van der Waals surface area contributed by atoms with Gasteiger partial charge in [-0.15, -0.1) is 0 Å². The maximum atomic E-state index is 13.3. The van der Waals surface area contributed by atoms with Gasteiger partial charge in [-0.05, 0) is 12.1 Å². The third kappa shape index (κ3) is 2.51. The second kappa shape index (κ2) is 4.52. The Morgan fingerprint density at radius 3 is 2.59 bits per heavy atom. The third-order valence-corrected chi connectivity index (χ3v) is 1.97. The number of aromatic nitrogens is 2. The summed E-state index contributed by atoms with van der Waals surface area (Å²) in [5, 5.41) is 13.1. The molecule has 0 aliphatic heterocycles. The lowest BCUT2D eigenvalue weighted by Crippen LogP contribution is -1.98. The molecule has 17 heavy (non-hydrogen) atoms. The van der Waals surface area contributed by atoms with Gasteiger partial charge in [0.05, 0.1) is 4.92 Å². The molecule has 1 N–H and O–H groups in total. The van der Waals surface area contributed by atoms with Crippen molar-refractivity contribution < 1.29 is 9.31 Å². The molecule has 0 amide bonds. The summed E-state index contributed by atoms with van der Waals surface area (Å²) in [7, 11) is 0. The Morgan fingerprint density at radius 1 is 1.29 bits per heavy atom. The molecular formula is C10H7FN4O2. The van der Waals surface area contributed by atoms with Crippen LogP contribution in [0.5, 0.6) is 0 Å². The first-order valence-corrected chi connectivity index (χ1v) is 4.65. The van der Waals surface area contributed by atoms with Gasteiger partial charge < -0.3 is 5.32 Å². The Labute approximate surface area is 95.3 Å². The van der Waals surface area contributed by atoms with Crippen molar-refractivity contribution in [2.24, 2.45) is 0 Å². The van der Waals surface area contributed by atoms with E-state index in [1.54, 1.807) is 6.07 Å². The Kier molecular flexibility index (Phi) is 2.91. The summed E-state index contributed by atoms with van der Waals surface area (Å²) < 4.78 is 13.3. The van der Waals surface area contributed by atoms with E-state index in [1.165, 1.54) is 18.5 Å². The maximum absolute atomic E-state index is 13.3. The maximum Gasteiger partial charge on any atom is 0.304 e. The summed E-state index contributed by atoms with van der Waals surface area (Å²) >= 11 is 0. The zero-order valence-electron chi connectivity index (χ0n) is 8.50.